The van der Waals surface area contributed by atoms with Gasteiger partial charge in [0.2, 0.25) is 0 Å². The Kier molecular flexibility index (Phi) is 3.04. The molecule has 0 spiro atoms. The number of nitrogens with zero attached hydrogens (tertiary/aromatic N) is 1. The van der Waals surface area contributed by atoms with Gasteiger partial charge in [-0.05, 0) is 12.1 Å². The highest BCUT2D eigenvalue weighted by Crippen LogP contribution is 2.15. The lowest BCUT2D eigenvalue weighted by molar-refractivity contribution is 0.468. The molecule has 66 valence electrons. The van der Waals surface area contributed by atoms with Gasteiger partial charge in [0.25, 0.3) is 0 Å². The molecule has 0 aromatic heterocycles. The number of terminal acetylenes is 1. The predicted molar refractivity (Wildman–Crippen MR) is 49.4 cm³/mol. The molecule has 3 heteroatoms. The maximum atomic E-state index is 12.5. The molecule has 0 aliphatic carbocycles. The molecule has 0 heterocycles. The largest absolute Gasteiger partial charge is 0.507 e. The maximum absolute atomic E-state index is 12.5. The van der Waals surface area contributed by atoms with Crippen molar-refractivity contribution >= 4 is 6.21 Å². The Labute approximate surface area is 75.7 Å². The number of halogens is 1. The molecule has 0 fully saturated rings. The van der Waals surface area contributed by atoms with Crippen molar-refractivity contribution in [2.24, 2.45) is 4.99 Å². The summed E-state index contributed by atoms with van der Waals surface area (Å²) >= 11 is 0. The molecule has 2 nitrogen and oxygen atoms in total. The first-order valence-corrected chi connectivity index (χ1v) is 3.66. The van der Waals surface area contributed by atoms with Gasteiger partial charge >= 0.3 is 0 Å². The van der Waals surface area contributed by atoms with Gasteiger partial charge in [-0.1, -0.05) is 5.92 Å². The van der Waals surface area contributed by atoms with Gasteiger partial charge in [-0.15, -0.1) is 6.42 Å². The molecule has 1 aromatic carbocycles. The molecule has 0 atom stereocenters. The van der Waals surface area contributed by atoms with E-state index in [9.17, 15) is 9.50 Å². The van der Waals surface area contributed by atoms with Crippen LogP contribution < -0.4 is 0 Å². The fourth-order valence-corrected chi connectivity index (χ4v) is 0.823. The summed E-state index contributed by atoms with van der Waals surface area (Å²) < 4.78 is 12.5. The average molecular weight is 177 g/mol. The molecule has 13 heavy (non-hydrogen) atoms. The third-order valence-corrected chi connectivity index (χ3v) is 1.41. The van der Waals surface area contributed by atoms with Crippen LogP contribution in [0.15, 0.2) is 23.2 Å². The van der Waals surface area contributed by atoms with Crippen molar-refractivity contribution in [3.05, 3.63) is 29.6 Å². The molecule has 0 amide bonds. The molecule has 0 bridgehead atoms. The predicted octanol–water partition coefficient (Wildman–Crippen LogP) is 1.58. The van der Waals surface area contributed by atoms with Crippen LogP contribution in [0.5, 0.6) is 5.75 Å². The molecular weight excluding hydrogens is 169 g/mol. The van der Waals surface area contributed by atoms with E-state index in [4.69, 9.17) is 6.42 Å². The van der Waals surface area contributed by atoms with Crippen LogP contribution in [0.2, 0.25) is 0 Å². The van der Waals surface area contributed by atoms with Crippen molar-refractivity contribution in [1.29, 1.82) is 0 Å². The zero-order valence-electron chi connectivity index (χ0n) is 6.87. The van der Waals surface area contributed by atoms with E-state index in [0.717, 1.165) is 6.07 Å². The SMILES string of the molecule is C#CCN=Cc1ccc(F)cc1O. The van der Waals surface area contributed by atoms with Crippen LogP contribution in [0.25, 0.3) is 0 Å². The average Bonchev–Trinajstić information content (AvgIpc) is 2.09. The van der Waals surface area contributed by atoms with E-state index in [1.807, 2.05) is 0 Å². The van der Waals surface area contributed by atoms with Crippen LogP contribution in [0.4, 0.5) is 4.39 Å². The molecule has 0 unspecified atom stereocenters. The summed E-state index contributed by atoms with van der Waals surface area (Å²) in [6, 6.07) is 3.71. The van der Waals surface area contributed by atoms with E-state index in [-0.39, 0.29) is 12.3 Å². The summed E-state index contributed by atoms with van der Waals surface area (Å²) in [6.45, 7) is 0.247. The second-order valence-electron chi connectivity index (χ2n) is 2.38. The molecule has 1 rings (SSSR count). The summed E-state index contributed by atoms with van der Waals surface area (Å²) in [6.07, 6.45) is 6.38. The van der Waals surface area contributed by atoms with Crippen LogP contribution >= 0.6 is 0 Å². The molecule has 0 saturated heterocycles. The highest BCUT2D eigenvalue weighted by Gasteiger charge is 1.98. The normalized spacial score (nSPS) is 10.2. The van der Waals surface area contributed by atoms with E-state index in [2.05, 4.69) is 10.9 Å². The third-order valence-electron chi connectivity index (χ3n) is 1.41. The van der Waals surface area contributed by atoms with Crippen molar-refractivity contribution < 1.29 is 9.50 Å². The van der Waals surface area contributed by atoms with Crippen LogP contribution in [-0.2, 0) is 0 Å². The molecule has 1 aromatic rings. The van der Waals surface area contributed by atoms with E-state index in [0.29, 0.717) is 5.56 Å². The van der Waals surface area contributed by atoms with Crippen molar-refractivity contribution in [3.8, 4) is 18.1 Å². The Hall–Kier alpha value is -1.82. The van der Waals surface area contributed by atoms with Crippen molar-refractivity contribution in [2.45, 2.75) is 0 Å². The molecule has 1 N–H and O–H groups in total. The lowest BCUT2D eigenvalue weighted by Gasteiger charge is -1.96. The minimum atomic E-state index is -0.480. The van der Waals surface area contributed by atoms with Gasteiger partial charge in [-0.2, -0.15) is 0 Å². The minimum absolute atomic E-state index is 0.138. The quantitative estimate of drug-likeness (QED) is 0.540. The summed E-state index contributed by atoms with van der Waals surface area (Å²) in [5, 5.41) is 9.21. The van der Waals surface area contributed by atoms with Gasteiger partial charge in [0, 0.05) is 17.8 Å². The number of hydrogen-bond acceptors (Lipinski definition) is 2. The minimum Gasteiger partial charge on any atom is -0.507 e. The summed E-state index contributed by atoms with van der Waals surface area (Å²) in [7, 11) is 0. The fraction of sp³-hybridized carbons (Fsp3) is 0.100. The number of benzene rings is 1. The van der Waals surface area contributed by atoms with E-state index in [1.165, 1.54) is 18.3 Å². The molecule has 0 saturated carbocycles. The van der Waals surface area contributed by atoms with Gasteiger partial charge in [0.1, 0.15) is 11.6 Å². The first kappa shape index (κ1) is 9.27. The first-order valence-electron chi connectivity index (χ1n) is 3.66. The van der Waals surface area contributed by atoms with Gasteiger partial charge in [-0.25, -0.2) is 4.39 Å². The monoisotopic (exact) mass is 177 g/mol. The fourth-order valence-electron chi connectivity index (χ4n) is 0.823. The van der Waals surface area contributed by atoms with E-state index in [1.54, 1.807) is 0 Å². The van der Waals surface area contributed by atoms with Crippen LogP contribution in [0.3, 0.4) is 0 Å². The number of phenolic OH excluding ortho intramolecular Hbond substituents is 1. The van der Waals surface area contributed by atoms with Crippen LogP contribution in [0.1, 0.15) is 5.56 Å². The van der Waals surface area contributed by atoms with Gasteiger partial charge in [0.15, 0.2) is 0 Å². The van der Waals surface area contributed by atoms with Gasteiger partial charge in [-0.3, -0.25) is 4.99 Å². The molecule has 0 radical (unpaired) electrons. The lowest BCUT2D eigenvalue weighted by Crippen LogP contribution is -1.85. The highest BCUT2D eigenvalue weighted by molar-refractivity contribution is 5.83. The van der Waals surface area contributed by atoms with Crippen LogP contribution in [-0.4, -0.2) is 17.9 Å². The zero-order valence-corrected chi connectivity index (χ0v) is 6.87. The van der Waals surface area contributed by atoms with Crippen molar-refractivity contribution in [2.75, 3.05) is 6.54 Å². The third kappa shape index (κ3) is 2.60. The lowest BCUT2D eigenvalue weighted by atomic mass is 10.2. The number of aromatic hydroxyl groups is 1. The second kappa shape index (κ2) is 4.27. The maximum Gasteiger partial charge on any atom is 0.127 e. The second-order valence-corrected chi connectivity index (χ2v) is 2.38. The van der Waals surface area contributed by atoms with Crippen LogP contribution in [0, 0.1) is 18.2 Å². The Bertz CT molecular complexity index is 366. The molecule has 0 aliphatic heterocycles. The number of rotatable bonds is 2. The van der Waals surface area contributed by atoms with Crippen molar-refractivity contribution in [1.82, 2.24) is 0 Å². The highest BCUT2D eigenvalue weighted by atomic mass is 19.1. The zero-order chi connectivity index (χ0) is 9.68. The first-order chi connectivity index (χ1) is 6.24. The summed E-state index contributed by atoms with van der Waals surface area (Å²) in [5.74, 6) is 1.70. The Morgan fingerprint density at radius 2 is 2.38 bits per heavy atom. The standard InChI is InChI=1S/C10H8FNO/c1-2-5-12-7-8-3-4-9(11)6-10(8)13/h1,3-4,6-7,13H,5H2. The summed E-state index contributed by atoms with van der Waals surface area (Å²) in [5.41, 5.74) is 0.455. The van der Waals surface area contributed by atoms with Gasteiger partial charge < -0.3 is 5.11 Å². The Morgan fingerprint density at radius 1 is 1.62 bits per heavy atom. The molecule has 0 aliphatic rings. The van der Waals surface area contributed by atoms with E-state index >= 15 is 0 Å². The molecular formula is C10H8FNO. The Balaban J connectivity index is 2.85. The summed E-state index contributed by atoms with van der Waals surface area (Å²) in [4.78, 5) is 3.81. The number of hydrogen-bond donors (Lipinski definition) is 1. The van der Waals surface area contributed by atoms with Crippen molar-refractivity contribution in [3.63, 3.8) is 0 Å². The number of aliphatic imine (C=N–C) groups is 1. The van der Waals surface area contributed by atoms with Gasteiger partial charge in [0.05, 0.1) is 6.54 Å². The topological polar surface area (TPSA) is 32.6 Å². The van der Waals surface area contributed by atoms with E-state index < -0.39 is 5.82 Å². The smallest absolute Gasteiger partial charge is 0.127 e. The Morgan fingerprint density at radius 3 is 3.00 bits per heavy atom. The number of phenols is 1.